The van der Waals surface area contributed by atoms with Crippen LogP contribution >= 0.6 is 0 Å². The molecule has 3 N–H and O–H groups in total. The Labute approximate surface area is 114 Å². The van der Waals surface area contributed by atoms with Crippen molar-refractivity contribution in [1.82, 2.24) is 5.43 Å². The van der Waals surface area contributed by atoms with Gasteiger partial charge in [0.1, 0.15) is 6.61 Å². The quantitative estimate of drug-likeness (QED) is 0.426. The summed E-state index contributed by atoms with van der Waals surface area (Å²) in [6, 6.07) is -0.00514. The molecule has 1 saturated heterocycles. The van der Waals surface area contributed by atoms with Crippen molar-refractivity contribution in [2.75, 3.05) is 13.2 Å². The average Bonchev–Trinajstić information content (AvgIpc) is 2.46. The maximum Gasteiger partial charge on any atom is 0.261 e. The molecule has 2 unspecified atom stereocenters. The molecule has 0 aliphatic carbocycles. The van der Waals surface area contributed by atoms with E-state index in [9.17, 15) is 8.78 Å². The van der Waals surface area contributed by atoms with Crippen LogP contribution in [0.4, 0.5) is 8.78 Å². The van der Waals surface area contributed by atoms with Crippen molar-refractivity contribution in [3.63, 3.8) is 0 Å². The highest BCUT2D eigenvalue weighted by Crippen LogP contribution is 2.43. The topological polar surface area (TPSA) is 56.5 Å². The summed E-state index contributed by atoms with van der Waals surface area (Å²) in [7, 11) is 0. The zero-order valence-electron chi connectivity index (χ0n) is 12.2. The molecule has 1 rings (SSSR count). The largest absolute Gasteiger partial charge is 0.375 e. The van der Waals surface area contributed by atoms with Gasteiger partial charge in [-0.25, -0.2) is 8.78 Å². The second kappa shape index (κ2) is 6.43. The third-order valence-corrected chi connectivity index (χ3v) is 3.66. The number of alkyl halides is 2. The number of ether oxygens (including phenoxy) is 2. The van der Waals surface area contributed by atoms with E-state index in [1.807, 2.05) is 13.8 Å². The smallest absolute Gasteiger partial charge is 0.261 e. The molecule has 0 aromatic carbocycles. The Kier molecular flexibility index (Phi) is 5.67. The Morgan fingerprint density at radius 1 is 1.37 bits per heavy atom. The van der Waals surface area contributed by atoms with Crippen LogP contribution in [0.3, 0.4) is 0 Å². The molecule has 1 fully saturated rings. The van der Waals surface area contributed by atoms with Crippen molar-refractivity contribution >= 4 is 0 Å². The molecular weight excluding hydrogens is 254 g/mol. The maximum atomic E-state index is 12.0. The number of nitrogens with two attached hydrogens (primary N) is 1. The summed E-state index contributed by atoms with van der Waals surface area (Å²) in [5, 5.41) is 0. The zero-order valence-corrected chi connectivity index (χ0v) is 12.2. The van der Waals surface area contributed by atoms with Gasteiger partial charge in [-0.2, -0.15) is 0 Å². The van der Waals surface area contributed by atoms with Crippen LogP contribution in [0, 0.1) is 5.92 Å². The van der Waals surface area contributed by atoms with Gasteiger partial charge in [0.05, 0.1) is 11.2 Å². The van der Waals surface area contributed by atoms with Crippen molar-refractivity contribution < 1.29 is 18.3 Å². The van der Waals surface area contributed by atoms with Crippen LogP contribution in [0.15, 0.2) is 0 Å². The Bertz CT molecular complexity index is 286. The molecule has 0 radical (unpaired) electrons. The molecule has 4 nitrogen and oxygen atoms in total. The van der Waals surface area contributed by atoms with Crippen LogP contribution in [0.25, 0.3) is 0 Å². The highest BCUT2D eigenvalue weighted by atomic mass is 19.3. The van der Waals surface area contributed by atoms with E-state index in [4.69, 9.17) is 15.3 Å². The van der Waals surface area contributed by atoms with Crippen LogP contribution in [0.2, 0.25) is 0 Å². The lowest BCUT2D eigenvalue weighted by molar-refractivity contribution is -0.0788. The van der Waals surface area contributed by atoms with Gasteiger partial charge in [0.15, 0.2) is 0 Å². The van der Waals surface area contributed by atoms with Crippen molar-refractivity contribution in [2.45, 2.75) is 64.2 Å². The molecule has 0 aromatic rings. The second-order valence-corrected chi connectivity index (χ2v) is 6.30. The van der Waals surface area contributed by atoms with E-state index in [2.05, 4.69) is 19.3 Å². The van der Waals surface area contributed by atoms with Crippen molar-refractivity contribution in [3.8, 4) is 0 Å². The molecule has 6 heteroatoms. The lowest BCUT2D eigenvalue weighted by Gasteiger charge is -2.32. The van der Waals surface area contributed by atoms with Gasteiger partial charge in [-0.1, -0.05) is 0 Å². The van der Waals surface area contributed by atoms with Crippen molar-refractivity contribution in [3.05, 3.63) is 0 Å². The molecule has 1 aliphatic heterocycles. The molecule has 1 heterocycles. The summed E-state index contributed by atoms with van der Waals surface area (Å²) in [5.74, 6) is 5.82. The zero-order chi connectivity index (χ0) is 14.7. The fourth-order valence-electron chi connectivity index (χ4n) is 3.02. The Balaban J connectivity index is 2.50. The first kappa shape index (κ1) is 16.8. The van der Waals surface area contributed by atoms with E-state index < -0.39 is 13.0 Å². The van der Waals surface area contributed by atoms with Gasteiger partial charge < -0.3 is 9.47 Å². The Morgan fingerprint density at radius 3 is 2.42 bits per heavy atom. The molecule has 0 bridgehead atoms. The molecule has 0 spiro atoms. The first-order valence-electron chi connectivity index (χ1n) is 6.70. The van der Waals surface area contributed by atoms with Crippen LogP contribution in [0.5, 0.6) is 0 Å². The molecule has 0 amide bonds. The van der Waals surface area contributed by atoms with Crippen LogP contribution in [0.1, 0.15) is 40.5 Å². The number of nitrogens with one attached hydrogen (secondary N) is 1. The van der Waals surface area contributed by atoms with Gasteiger partial charge in [0.25, 0.3) is 6.43 Å². The third-order valence-electron chi connectivity index (χ3n) is 3.66. The van der Waals surface area contributed by atoms with Crippen molar-refractivity contribution in [2.24, 2.45) is 11.8 Å². The van der Waals surface area contributed by atoms with Gasteiger partial charge in [0, 0.05) is 18.6 Å². The molecule has 0 aromatic heterocycles. The molecule has 0 saturated carbocycles. The highest BCUT2D eigenvalue weighted by Gasteiger charge is 2.48. The fraction of sp³-hybridized carbons (Fsp3) is 1.00. The van der Waals surface area contributed by atoms with Gasteiger partial charge in [-0.3, -0.25) is 11.3 Å². The summed E-state index contributed by atoms with van der Waals surface area (Å²) in [5.41, 5.74) is 2.30. The minimum absolute atomic E-state index is 0.00514. The minimum Gasteiger partial charge on any atom is -0.375 e. The van der Waals surface area contributed by atoms with Crippen LogP contribution in [-0.2, 0) is 9.47 Å². The summed E-state index contributed by atoms with van der Waals surface area (Å²) in [4.78, 5) is 0. The number of hydrazine groups is 1. The SMILES string of the molecule is CC1(C)CC(C(CCOCC(F)F)NN)C(C)(C)O1. The number of hydrogen-bond donors (Lipinski definition) is 2. The van der Waals surface area contributed by atoms with E-state index in [1.165, 1.54) is 0 Å². The first-order chi connectivity index (χ1) is 8.68. The van der Waals surface area contributed by atoms with Gasteiger partial charge in [-0.15, -0.1) is 0 Å². The summed E-state index contributed by atoms with van der Waals surface area (Å²) >= 11 is 0. The lowest BCUT2D eigenvalue weighted by Crippen LogP contribution is -2.47. The predicted molar refractivity (Wildman–Crippen MR) is 69.9 cm³/mol. The van der Waals surface area contributed by atoms with Crippen LogP contribution in [-0.4, -0.2) is 36.9 Å². The molecule has 1 aliphatic rings. The Hall–Kier alpha value is -0.300. The van der Waals surface area contributed by atoms with Gasteiger partial charge in [-0.05, 0) is 40.5 Å². The van der Waals surface area contributed by atoms with Crippen molar-refractivity contribution in [1.29, 1.82) is 0 Å². The van der Waals surface area contributed by atoms with E-state index >= 15 is 0 Å². The Morgan fingerprint density at radius 2 is 2.00 bits per heavy atom. The van der Waals surface area contributed by atoms with E-state index in [0.29, 0.717) is 6.42 Å². The molecule has 114 valence electrons. The molecular formula is C13H26F2N2O2. The normalized spacial score (nSPS) is 26.8. The summed E-state index contributed by atoms with van der Waals surface area (Å²) < 4.78 is 34.9. The van der Waals surface area contributed by atoms with Crippen LogP contribution < -0.4 is 11.3 Å². The van der Waals surface area contributed by atoms with E-state index in [0.717, 1.165) is 6.42 Å². The second-order valence-electron chi connectivity index (χ2n) is 6.30. The number of rotatable bonds is 7. The number of halogens is 2. The minimum atomic E-state index is -2.42. The van der Waals surface area contributed by atoms with E-state index in [-0.39, 0.29) is 29.8 Å². The average molecular weight is 280 g/mol. The molecule has 2 atom stereocenters. The van der Waals surface area contributed by atoms with E-state index in [1.54, 1.807) is 0 Å². The predicted octanol–water partition coefficient (Wildman–Crippen LogP) is 2.08. The lowest BCUT2D eigenvalue weighted by atomic mass is 9.81. The van der Waals surface area contributed by atoms with Gasteiger partial charge in [0.2, 0.25) is 0 Å². The monoisotopic (exact) mass is 280 g/mol. The maximum absolute atomic E-state index is 12.0. The third kappa shape index (κ3) is 4.95. The van der Waals surface area contributed by atoms with Gasteiger partial charge >= 0.3 is 0 Å². The first-order valence-corrected chi connectivity index (χ1v) is 6.70. The fourth-order valence-corrected chi connectivity index (χ4v) is 3.02. The summed E-state index contributed by atoms with van der Waals surface area (Å²) in [6.45, 7) is 7.93. The number of hydrogen-bond acceptors (Lipinski definition) is 4. The molecule has 19 heavy (non-hydrogen) atoms. The summed E-state index contributed by atoms with van der Waals surface area (Å²) in [6.07, 6.45) is -0.949. The highest BCUT2D eigenvalue weighted by molar-refractivity contribution is 4.98. The standard InChI is InChI=1S/C13H26F2N2O2/c1-12(2)7-9(13(3,4)19-12)10(17-16)5-6-18-8-11(14)15/h9-11,17H,5-8,16H2,1-4H3.